The molecule has 2 aliphatic heterocycles. The average molecular weight is 306 g/mol. The molecule has 1 aliphatic carbocycles. The summed E-state index contributed by atoms with van der Waals surface area (Å²) in [6, 6.07) is 0.654. The number of hydrogen-bond acceptors (Lipinski definition) is 6. The van der Waals surface area contributed by atoms with Crippen LogP contribution in [0.4, 0.5) is 6.01 Å². The largest absolute Gasteiger partial charge is 0.408 e. The second-order valence-corrected chi connectivity index (χ2v) is 7.36. The molecule has 0 amide bonds. The molecule has 1 unspecified atom stereocenters. The van der Waals surface area contributed by atoms with Crippen LogP contribution in [0.25, 0.3) is 0 Å². The smallest absolute Gasteiger partial charge is 0.318 e. The Morgan fingerprint density at radius 2 is 2.14 bits per heavy atom. The van der Waals surface area contributed by atoms with Gasteiger partial charge in [0.05, 0.1) is 13.2 Å². The van der Waals surface area contributed by atoms with E-state index >= 15 is 0 Å². The molecule has 122 valence electrons. The first kappa shape index (κ1) is 14.5. The molecule has 1 aromatic heterocycles. The maximum absolute atomic E-state index is 5.96. The molecule has 6 nitrogen and oxygen atoms in total. The van der Waals surface area contributed by atoms with Gasteiger partial charge in [-0.05, 0) is 38.1 Å². The Kier molecular flexibility index (Phi) is 3.82. The Balaban J connectivity index is 1.48. The number of aromatic nitrogens is 2. The monoisotopic (exact) mass is 306 g/mol. The molecule has 1 atom stereocenters. The van der Waals surface area contributed by atoms with Crippen LogP contribution in [0.15, 0.2) is 4.42 Å². The molecular weight excluding hydrogens is 280 g/mol. The summed E-state index contributed by atoms with van der Waals surface area (Å²) in [5, 5.41) is 8.19. The van der Waals surface area contributed by atoms with E-state index in [1.54, 1.807) is 0 Å². The van der Waals surface area contributed by atoms with Gasteiger partial charge in [0.25, 0.3) is 0 Å². The van der Waals surface area contributed by atoms with Gasteiger partial charge in [0.2, 0.25) is 5.89 Å². The van der Waals surface area contributed by atoms with Crippen LogP contribution >= 0.6 is 0 Å². The zero-order chi connectivity index (χ0) is 15.0. The lowest BCUT2D eigenvalue weighted by Gasteiger charge is -2.43. The van der Waals surface area contributed by atoms with Gasteiger partial charge in [-0.2, -0.15) is 0 Å². The molecule has 4 rings (SSSR count). The first-order chi connectivity index (χ1) is 10.7. The first-order valence-electron chi connectivity index (χ1n) is 8.58. The molecule has 3 aliphatic rings. The summed E-state index contributed by atoms with van der Waals surface area (Å²) in [5.74, 6) is 1.59. The third-order valence-corrected chi connectivity index (χ3v) is 5.18. The quantitative estimate of drug-likeness (QED) is 0.847. The number of aryl methyl sites for hydroxylation is 1. The molecule has 0 N–H and O–H groups in total. The van der Waals surface area contributed by atoms with Crippen molar-refractivity contribution < 1.29 is 9.15 Å². The highest BCUT2D eigenvalue weighted by atomic mass is 16.5. The van der Waals surface area contributed by atoms with E-state index < -0.39 is 0 Å². The molecule has 22 heavy (non-hydrogen) atoms. The van der Waals surface area contributed by atoms with E-state index in [9.17, 15) is 0 Å². The van der Waals surface area contributed by atoms with Crippen molar-refractivity contribution in [2.75, 3.05) is 50.8 Å². The summed E-state index contributed by atoms with van der Waals surface area (Å²) in [7, 11) is 0. The third-order valence-electron chi connectivity index (χ3n) is 5.18. The molecule has 1 aromatic rings. The number of likely N-dealkylation sites (tertiary alicyclic amines) is 1. The molecule has 3 heterocycles. The summed E-state index contributed by atoms with van der Waals surface area (Å²) < 4.78 is 11.6. The van der Waals surface area contributed by atoms with Crippen LogP contribution in [0, 0.1) is 18.3 Å². The lowest BCUT2D eigenvalue weighted by Crippen LogP contribution is -2.51. The second-order valence-electron chi connectivity index (χ2n) is 7.36. The minimum Gasteiger partial charge on any atom is -0.408 e. The molecule has 1 saturated carbocycles. The number of piperidine rings is 1. The van der Waals surface area contributed by atoms with Crippen LogP contribution in [0.2, 0.25) is 0 Å². The zero-order valence-corrected chi connectivity index (χ0v) is 13.5. The van der Waals surface area contributed by atoms with Crippen LogP contribution in [0.1, 0.15) is 31.6 Å². The van der Waals surface area contributed by atoms with Gasteiger partial charge in [0, 0.05) is 38.5 Å². The van der Waals surface area contributed by atoms with E-state index in [-0.39, 0.29) is 5.41 Å². The molecular formula is C16H26N4O2. The summed E-state index contributed by atoms with van der Waals surface area (Å²) in [5.41, 5.74) is 0.214. The molecule has 0 aromatic carbocycles. The predicted molar refractivity (Wildman–Crippen MR) is 82.9 cm³/mol. The van der Waals surface area contributed by atoms with Crippen molar-refractivity contribution in [3.05, 3.63) is 5.89 Å². The molecule has 2 saturated heterocycles. The number of hydrogen-bond donors (Lipinski definition) is 0. The fourth-order valence-electron chi connectivity index (χ4n) is 3.95. The Morgan fingerprint density at radius 3 is 2.91 bits per heavy atom. The minimum atomic E-state index is 0.214. The fourth-order valence-corrected chi connectivity index (χ4v) is 3.95. The normalized spacial score (nSPS) is 30.7. The van der Waals surface area contributed by atoms with Crippen LogP contribution in [0.3, 0.4) is 0 Å². The van der Waals surface area contributed by atoms with Gasteiger partial charge >= 0.3 is 6.01 Å². The van der Waals surface area contributed by atoms with Gasteiger partial charge < -0.3 is 19.0 Å². The van der Waals surface area contributed by atoms with Gasteiger partial charge in [-0.3, -0.25) is 0 Å². The van der Waals surface area contributed by atoms with Gasteiger partial charge in [0.1, 0.15) is 0 Å². The Hall–Kier alpha value is -1.14. The molecule has 0 bridgehead atoms. The first-order valence-corrected chi connectivity index (χ1v) is 8.58. The van der Waals surface area contributed by atoms with Crippen molar-refractivity contribution in [1.29, 1.82) is 0 Å². The summed E-state index contributed by atoms with van der Waals surface area (Å²) in [6.45, 7) is 8.93. The maximum atomic E-state index is 5.96. The standard InChI is InChI=1S/C16H26N4O2/c1-13-17-18-15(22-13)20-7-8-21-12-16(11-20)5-2-6-19(10-16)9-14-3-4-14/h14H,2-12H2,1H3. The van der Waals surface area contributed by atoms with Gasteiger partial charge in [0.15, 0.2) is 0 Å². The van der Waals surface area contributed by atoms with Crippen molar-refractivity contribution in [2.45, 2.75) is 32.6 Å². The second kappa shape index (κ2) is 5.81. The summed E-state index contributed by atoms with van der Waals surface area (Å²) >= 11 is 0. The molecule has 0 radical (unpaired) electrons. The summed E-state index contributed by atoms with van der Waals surface area (Å²) in [6.07, 6.45) is 5.35. The van der Waals surface area contributed by atoms with Crippen LogP contribution in [-0.2, 0) is 4.74 Å². The number of anilines is 1. The molecule has 3 fully saturated rings. The maximum Gasteiger partial charge on any atom is 0.318 e. The molecule has 1 spiro atoms. The summed E-state index contributed by atoms with van der Waals surface area (Å²) in [4.78, 5) is 4.89. The van der Waals surface area contributed by atoms with Gasteiger partial charge in [-0.25, -0.2) is 0 Å². The number of ether oxygens (including phenoxy) is 1. The van der Waals surface area contributed by atoms with Gasteiger partial charge in [-0.15, -0.1) is 5.10 Å². The predicted octanol–water partition coefficient (Wildman–Crippen LogP) is 1.71. The lowest BCUT2D eigenvalue weighted by atomic mass is 9.80. The SMILES string of the molecule is Cc1nnc(N2CCOCC3(CCCN(CC4CC4)C3)C2)o1. The van der Waals surface area contributed by atoms with Crippen LogP contribution in [0.5, 0.6) is 0 Å². The highest BCUT2D eigenvalue weighted by molar-refractivity contribution is 5.25. The highest BCUT2D eigenvalue weighted by Crippen LogP contribution is 2.37. The Bertz CT molecular complexity index is 516. The van der Waals surface area contributed by atoms with Crippen molar-refractivity contribution in [2.24, 2.45) is 11.3 Å². The van der Waals surface area contributed by atoms with Crippen LogP contribution in [-0.4, -0.2) is 61.0 Å². The van der Waals surface area contributed by atoms with E-state index in [4.69, 9.17) is 9.15 Å². The Morgan fingerprint density at radius 1 is 1.23 bits per heavy atom. The van der Waals surface area contributed by atoms with E-state index in [2.05, 4.69) is 20.0 Å². The fraction of sp³-hybridized carbons (Fsp3) is 0.875. The van der Waals surface area contributed by atoms with Crippen molar-refractivity contribution in [3.8, 4) is 0 Å². The third kappa shape index (κ3) is 3.13. The minimum absolute atomic E-state index is 0.214. The van der Waals surface area contributed by atoms with E-state index in [1.165, 1.54) is 38.8 Å². The molecule has 6 heteroatoms. The highest BCUT2D eigenvalue weighted by Gasteiger charge is 2.41. The average Bonchev–Trinajstić information content (AvgIpc) is 3.24. The van der Waals surface area contributed by atoms with E-state index in [0.29, 0.717) is 11.9 Å². The van der Waals surface area contributed by atoms with Crippen molar-refractivity contribution in [3.63, 3.8) is 0 Å². The van der Waals surface area contributed by atoms with Crippen LogP contribution < -0.4 is 4.90 Å². The zero-order valence-electron chi connectivity index (χ0n) is 13.5. The van der Waals surface area contributed by atoms with E-state index in [1.807, 2.05) is 6.92 Å². The number of rotatable bonds is 3. The number of nitrogens with zero attached hydrogens (tertiary/aromatic N) is 4. The Labute approximate surface area is 131 Å². The van der Waals surface area contributed by atoms with E-state index in [0.717, 1.165) is 38.8 Å². The topological polar surface area (TPSA) is 54.6 Å². The van der Waals surface area contributed by atoms with Gasteiger partial charge in [-0.1, -0.05) is 5.10 Å². The van der Waals surface area contributed by atoms with Crippen molar-refractivity contribution in [1.82, 2.24) is 15.1 Å². The van der Waals surface area contributed by atoms with Crippen molar-refractivity contribution >= 4 is 6.01 Å². The lowest BCUT2D eigenvalue weighted by molar-refractivity contribution is 0.0118.